The van der Waals surface area contributed by atoms with Crippen LogP contribution >= 0.6 is 0 Å². The molecule has 28 heavy (non-hydrogen) atoms. The van der Waals surface area contributed by atoms with Gasteiger partial charge in [0.2, 0.25) is 5.91 Å². The van der Waals surface area contributed by atoms with Gasteiger partial charge in [-0.3, -0.25) is 14.6 Å². The quantitative estimate of drug-likeness (QED) is 0.744. The third kappa shape index (κ3) is 4.48. The van der Waals surface area contributed by atoms with E-state index in [1.807, 2.05) is 30.0 Å². The van der Waals surface area contributed by atoms with Crippen molar-refractivity contribution in [3.63, 3.8) is 0 Å². The number of carbonyl (C=O) groups excluding carboxylic acids is 1. The van der Waals surface area contributed by atoms with Crippen LogP contribution in [0.5, 0.6) is 0 Å². The number of piperidine rings is 1. The second-order valence-corrected chi connectivity index (χ2v) is 6.84. The molecule has 1 fully saturated rings. The Bertz CT molecular complexity index is 878. The van der Waals surface area contributed by atoms with Crippen molar-refractivity contribution in [3.05, 3.63) is 59.3 Å². The number of pyridine rings is 2. The fourth-order valence-corrected chi connectivity index (χ4v) is 3.70. The zero-order valence-electron chi connectivity index (χ0n) is 16.2. The predicted molar refractivity (Wildman–Crippen MR) is 111 cm³/mol. The van der Waals surface area contributed by atoms with Crippen LogP contribution in [-0.2, 0) is 4.79 Å². The Morgan fingerprint density at radius 3 is 2.89 bits per heavy atom. The summed E-state index contributed by atoms with van der Waals surface area (Å²) in [5.74, 6) is -0.0225. The number of rotatable bonds is 6. The lowest BCUT2D eigenvalue weighted by Gasteiger charge is -2.39. The minimum atomic E-state index is -0.119. The summed E-state index contributed by atoms with van der Waals surface area (Å²) >= 11 is 0. The Morgan fingerprint density at radius 2 is 2.18 bits per heavy atom. The summed E-state index contributed by atoms with van der Waals surface area (Å²) in [6.45, 7) is 4.40. The Morgan fingerprint density at radius 1 is 1.39 bits per heavy atom. The molecule has 3 heterocycles. The number of nitrogens with two attached hydrogens (primary N) is 1. The van der Waals surface area contributed by atoms with Gasteiger partial charge < -0.3 is 20.5 Å². The van der Waals surface area contributed by atoms with Crippen molar-refractivity contribution in [2.45, 2.75) is 25.8 Å². The predicted octanol–water partition coefficient (Wildman–Crippen LogP) is 1.77. The molecule has 0 saturated carbocycles. The van der Waals surface area contributed by atoms with E-state index in [0.717, 1.165) is 30.5 Å². The maximum absolute atomic E-state index is 12.6. The van der Waals surface area contributed by atoms with Gasteiger partial charge in [0.05, 0.1) is 0 Å². The second kappa shape index (κ2) is 9.32. The van der Waals surface area contributed by atoms with Gasteiger partial charge in [0, 0.05) is 62.5 Å². The average molecular weight is 381 g/mol. The highest BCUT2D eigenvalue weighted by molar-refractivity contribution is 5.87. The van der Waals surface area contributed by atoms with Crippen LogP contribution < -0.4 is 16.2 Å². The van der Waals surface area contributed by atoms with Gasteiger partial charge >= 0.3 is 0 Å². The van der Waals surface area contributed by atoms with Gasteiger partial charge in [0.25, 0.3) is 5.56 Å². The number of nitrogens with zero attached hydrogens (tertiary/aromatic N) is 3. The molecule has 2 aromatic heterocycles. The number of carbonyl (C=O) groups is 1. The minimum absolute atomic E-state index is 0.0225. The monoisotopic (exact) mass is 381 g/mol. The van der Waals surface area contributed by atoms with Crippen LogP contribution in [-0.4, -0.2) is 53.0 Å². The average Bonchev–Trinajstić information content (AvgIpc) is 2.74. The highest BCUT2D eigenvalue weighted by Crippen LogP contribution is 2.24. The molecule has 3 rings (SSSR count). The summed E-state index contributed by atoms with van der Waals surface area (Å²) in [4.78, 5) is 35.8. The van der Waals surface area contributed by atoms with Crippen molar-refractivity contribution in [1.82, 2.24) is 14.9 Å². The largest absolute Gasteiger partial charge is 0.363 e. The zero-order valence-corrected chi connectivity index (χ0v) is 16.2. The molecule has 0 unspecified atom stereocenters. The first kappa shape index (κ1) is 19.8. The second-order valence-electron chi connectivity index (χ2n) is 6.84. The SMILES string of the molecule is CCN(c1cc(-c2ccncc2)c[nH]c1=O)[C@H]1CCCN(C(=O)C=CCN)C1. The lowest BCUT2D eigenvalue weighted by molar-refractivity contribution is -0.127. The first-order chi connectivity index (χ1) is 13.6. The van der Waals surface area contributed by atoms with Crippen molar-refractivity contribution in [2.24, 2.45) is 5.73 Å². The molecule has 0 aliphatic carbocycles. The van der Waals surface area contributed by atoms with Gasteiger partial charge in [-0.05, 0) is 43.5 Å². The molecule has 0 bridgehead atoms. The number of hydrogen-bond donors (Lipinski definition) is 2. The maximum Gasteiger partial charge on any atom is 0.271 e. The molecule has 7 heteroatoms. The summed E-state index contributed by atoms with van der Waals surface area (Å²) in [7, 11) is 0. The Hall–Kier alpha value is -2.93. The maximum atomic E-state index is 12.6. The van der Waals surface area contributed by atoms with E-state index in [1.165, 1.54) is 6.08 Å². The molecule has 2 aromatic rings. The zero-order chi connectivity index (χ0) is 19.9. The number of amides is 1. The van der Waals surface area contributed by atoms with Crippen LogP contribution in [0.2, 0.25) is 0 Å². The number of likely N-dealkylation sites (N-methyl/N-ethyl adjacent to an activating group) is 1. The summed E-state index contributed by atoms with van der Waals surface area (Å²) in [5, 5.41) is 0. The van der Waals surface area contributed by atoms with Crippen molar-refractivity contribution < 1.29 is 4.79 Å². The molecule has 1 amide bonds. The van der Waals surface area contributed by atoms with E-state index in [9.17, 15) is 9.59 Å². The Balaban J connectivity index is 1.85. The van der Waals surface area contributed by atoms with Crippen molar-refractivity contribution in [2.75, 3.05) is 31.1 Å². The summed E-state index contributed by atoms with van der Waals surface area (Å²) in [6, 6.07) is 5.85. The molecule has 1 aliphatic heterocycles. The molecular weight excluding hydrogens is 354 g/mol. The molecule has 148 valence electrons. The molecular formula is C21H27N5O2. The van der Waals surface area contributed by atoms with Gasteiger partial charge in [-0.25, -0.2) is 0 Å². The van der Waals surface area contributed by atoms with Crippen LogP contribution in [0.3, 0.4) is 0 Å². The number of aromatic nitrogens is 2. The molecule has 3 N–H and O–H groups in total. The smallest absolute Gasteiger partial charge is 0.271 e. The fraction of sp³-hybridized carbons (Fsp3) is 0.381. The van der Waals surface area contributed by atoms with Gasteiger partial charge in [-0.15, -0.1) is 0 Å². The lowest BCUT2D eigenvalue weighted by atomic mass is 10.0. The van der Waals surface area contributed by atoms with Gasteiger partial charge in [-0.1, -0.05) is 6.08 Å². The molecule has 1 atom stereocenters. The topological polar surface area (TPSA) is 95.3 Å². The Labute approximate surface area is 164 Å². The number of anilines is 1. The number of H-pyrrole nitrogens is 1. The molecule has 1 aliphatic rings. The third-order valence-corrected chi connectivity index (χ3v) is 5.09. The first-order valence-corrected chi connectivity index (χ1v) is 9.69. The van der Waals surface area contributed by atoms with E-state index in [2.05, 4.69) is 14.9 Å². The minimum Gasteiger partial charge on any atom is -0.363 e. The number of likely N-dealkylation sites (tertiary alicyclic amines) is 1. The molecule has 1 saturated heterocycles. The summed E-state index contributed by atoms with van der Waals surface area (Å²) in [6.07, 6.45) is 10.3. The number of nitrogens with one attached hydrogen (secondary N) is 1. The lowest BCUT2D eigenvalue weighted by Crippen LogP contribution is -2.50. The highest BCUT2D eigenvalue weighted by Gasteiger charge is 2.28. The molecule has 0 radical (unpaired) electrons. The van der Waals surface area contributed by atoms with Gasteiger partial charge in [0.15, 0.2) is 0 Å². The number of aromatic amines is 1. The molecule has 0 aromatic carbocycles. The molecule has 0 spiro atoms. The Kier molecular flexibility index (Phi) is 6.60. The van der Waals surface area contributed by atoms with E-state index >= 15 is 0 Å². The summed E-state index contributed by atoms with van der Waals surface area (Å²) < 4.78 is 0. The van der Waals surface area contributed by atoms with Crippen LogP contribution in [0.25, 0.3) is 11.1 Å². The van der Waals surface area contributed by atoms with Crippen molar-refractivity contribution in [3.8, 4) is 11.1 Å². The molecule has 7 nitrogen and oxygen atoms in total. The van der Waals surface area contributed by atoms with Crippen LogP contribution in [0, 0.1) is 0 Å². The first-order valence-electron chi connectivity index (χ1n) is 9.69. The van der Waals surface area contributed by atoms with Gasteiger partial charge in [0.1, 0.15) is 5.69 Å². The normalized spacial score (nSPS) is 17.1. The summed E-state index contributed by atoms with van der Waals surface area (Å²) in [5.41, 5.74) is 7.90. The highest BCUT2D eigenvalue weighted by atomic mass is 16.2. The van der Waals surface area contributed by atoms with E-state index < -0.39 is 0 Å². The van der Waals surface area contributed by atoms with Gasteiger partial charge in [-0.2, -0.15) is 0 Å². The van der Waals surface area contributed by atoms with Crippen molar-refractivity contribution >= 4 is 11.6 Å². The van der Waals surface area contributed by atoms with E-state index in [1.54, 1.807) is 24.7 Å². The standard InChI is InChI=1S/C21H27N5O2/c1-2-26(18-5-4-12-25(15-18)20(27)6-3-9-22)19-13-17(14-24-21(19)28)16-7-10-23-11-8-16/h3,6-8,10-11,13-14,18H,2,4-5,9,12,15,22H2,1H3,(H,24,28)/t18-/m0/s1. The number of hydrogen-bond acceptors (Lipinski definition) is 5. The third-order valence-electron chi connectivity index (χ3n) is 5.09. The van der Waals surface area contributed by atoms with Crippen molar-refractivity contribution in [1.29, 1.82) is 0 Å². The van der Waals surface area contributed by atoms with E-state index in [-0.39, 0.29) is 17.5 Å². The fourth-order valence-electron chi connectivity index (χ4n) is 3.70. The van der Waals surface area contributed by atoms with Crippen LogP contribution in [0.4, 0.5) is 5.69 Å². The van der Waals surface area contributed by atoms with Crippen LogP contribution in [0.1, 0.15) is 19.8 Å². The van der Waals surface area contributed by atoms with E-state index in [4.69, 9.17) is 5.73 Å². The van der Waals surface area contributed by atoms with Crippen LogP contribution in [0.15, 0.2) is 53.7 Å². The van der Waals surface area contributed by atoms with E-state index in [0.29, 0.717) is 25.3 Å².